The second kappa shape index (κ2) is 5.29. The van der Waals surface area contributed by atoms with Crippen molar-refractivity contribution in [1.82, 2.24) is 10.0 Å². The maximum absolute atomic E-state index is 11.7. The summed E-state index contributed by atoms with van der Waals surface area (Å²) in [5.41, 5.74) is 1.20. The summed E-state index contributed by atoms with van der Waals surface area (Å²) in [7, 11) is -3.05. The van der Waals surface area contributed by atoms with E-state index in [0.717, 1.165) is 25.9 Å². The fourth-order valence-corrected chi connectivity index (χ4v) is 3.03. The fraction of sp³-hybridized carbons (Fsp3) is 0.818. The average Bonchev–Trinajstić information content (AvgIpc) is 3.09. The first kappa shape index (κ1) is 12.1. The Morgan fingerprint density at radius 3 is 2.88 bits per heavy atom. The van der Waals surface area contributed by atoms with Crippen molar-refractivity contribution in [2.45, 2.75) is 25.7 Å². The summed E-state index contributed by atoms with van der Waals surface area (Å²) < 4.78 is 26.0. The van der Waals surface area contributed by atoms with E-state index in [1.165, 1.54) is 18.4 Å². The SMILES string of the molecule is O=S(=O)(CCC1CC1)NCC1=CCNCC1. The number of nitrogens with one attached hydrogen (secondary N) is 2. The van der Waals surface area contributed by atoms with Gasteiger partial charge in [-0.2, -0.15) is 0 Å². The molecule has 0 aromatic rings. The highest BCUT2D eigenvalue weighted by Crippen LogP contribution is 2.32. The average molecular weight is 244 g/mol. The highest BCUT2D eigenvalue weighted by molar-refractivity contribution is 7.89. The van der Waals surface area contributed by atoms with Gasteiger partial charge in [-0.1, -0.05) is 24.5 Å². The lowest BCUT2D eigenvalue weighted by Crippen LogP contribution is -2.31. The molecule has 1 heterocycles. The molecule has 92 valence electrons. The van der Waals surface area contributed by atoms with E-state index in [-0.39, 0.29) is 0 Å². The minimum Gasteiger partial charge on any atom is -0.313 e. The summed E-state index contributed by atoms with van der Waals surface area (Å²) in [5.74, 6) is 0.970. The van der Waals surface area contributed by atoms with E-state index in [2.05, 4.69) is 16.1 Å². The molecular formula is C11H20N2O2S. The van der Waals surface area contributed by atoms with Crippen LogP contribution >= 0.6 is 0 Å². The Labute approximate surface area is 97.5 Å². The molecule has 5 heteroatoms. The molecule has 0 spiro atoms. The molecule has 0 atom stereocenters. The number of sulfonamides is 1. The largest absolute Gasteiger partial charge is 0.313 e. The molecule has 0 unspecified atom stereocenters. The van der Waals surface area contributed by atoms with Crippen molar-refractivity contribution in [3.63, 3.8) is 0 Å². The van der Waals surface area contributed by atoms with Gasteiger partial charge in [0.25, 0.3) is 0 Å². The van der Waals surface area contributed by atoms with Gasteiger partial charge in [-0.15, -0.1) is 0 Å². The molecule has 0 saturated heterocycles. The highest BCUT2D eigenvalue weighted by Gasteiger charge is 2.23. The first-order valence-corrected chi connectivity index (χ1v) is 7.67. The van der Waals surface area contributed by atoms with Gasteiger partial charge >= 0.3 is 0 Å². The summed E-state index contributed by atoms with van der Waals surface area (Å²) in [6.07, 6.45) is 6.28. The van der Waals surface area contributed by atoms with E-state index in [9.17, 15) is 8.42 Å². The Kier molecular flexibility index (Phi) is 4.00. The van der Waals surface area contributed by atoms with Crippen molar-refractivity contribution < 1.29 is 8.42 Å². The molecule has 0 aromatic carbocycles. The zero-order valence-corrected chi connectivity index (χ0v) is 10.4. The van der Waals surface area contributed by atoms with E-state index in [4.69, 9.17) is 0 Å². The van der Waals surface area contributed by atoms with Gasteiger partial charge in [-0.25, -0.2) is 13.1 Å². The Balaban J connectivity index is 1.72. The molecule has 1 fully saturated rings. The van der Waals surface area contributed by atoms with Gasteiger partial charge in [0.15, 0.2) is 0 Å². The van der Waals surface area contributed by atoms with Crippen LogP contribution in [0.1, 0.15) is 25.7 Å². The topological polar surface area (TPSA) is 58.2 Å². The summed E-state index contributed by atoms with van der Waals surface area (Å²) in [6.45, 7) is 2.31. The Bertz CT molecular complexity index is 358. The monoisotopic (exact) mass is 244 g/mol. The summed E-state index contributed by atoms with van der Waals surface area (Å²) in [6, 6.07) is 0. The molecule has 1 aliphatic carbocycles. The van der Waals surface area contributed by atoms with Crippen molar-refractivity contribution >= 4 is 10.0 Å². The third kappa shape index (κ3) is 4.23. The van der Waals surface area contributed by atoms with Crippen LogP contribution in [-0.2, 0) is 10.0 Å². The van der Waals surface area contributed by atoms with Gasteiger partial charge in [0.2, 0.25) is 10.0 Å². The van der Waals surface area contributed by atoms with Crippen LogP contribution in [0.3, 0.4) is 0 Å². The van der Waals surface area contributed by atoms with Crippen LogP contribution < -0.4 is 10.0 Å². The lowest BCUT2D eigenvalue weighted by Gasteiger charge is -2.14. The zero-order valence-electron chi connectivity index (χ0n) is 9.54. The van der Waals surface area contributed by atoms with Crippen molar-refractivity contribution in [3.05, 3.63) is 11.6 Å². The predicted molar refractivity (Wildman–Crippen MR) is 64.7 cm³/mol. The van der Waals surface area contributed by atoms with Gasteiger partial charge in [0.05, 0.1) is 5.75 Å². The minimum atomic E-state index is -3.05. The highest BCUT2D eigenvalue weighted by atomic mass is 32.2. The van der Waals surface area contributed by atoms with E-state index >= 15 is 0 Å². The maximum Gasteiger partial charge on any atom is 0.211 e. The summed E-state index contributed by atoms with van der Waals surface area (Å²) in [4.78, 5) is 0. The molecule has 0 amide bonds. The number of hydrogen-bond donors (Lipinski definition) is 2. The van der Waals surface area contributed by atoms with Crippen molar-refractivity contribution in [3.8, 4) is 0 Å². The molecule has 1 aliphatic heterocycles. The molecule has 4 nitrogen and oxygen atoms in total. The zero-order chi connectivity index (χ0) is 11.4. The molecule has 16 heavy (non-hydrogen) atoms. The third-order valence-electron chi connectivity index (χ3n) is 3.17. The Morgan fingerprint density at radius 2 is 2.25 bits per heavy atom. The van der Waals surface area contributed by atoms with Crippen LogP contribution in [0.4, 0.5) is 0 Å². The minimum absolute atomic E-state index is 0.295. The van der Waals surface area contributed by atoms with Gasteiger partial charge in [0, 0.05) is 13.1 Å². The Hall–Kier alpha value is -0.390. The van der Waals surface area contributed by atoms with Gasteiger partial charge in [-0.3, -0.25) is 0 Å². The number of rotatable bonds is 6. The molecule has 0 aromatic heterocycles. The third-order valence-corrected chi connectivity index (χ3v) is 4.53. The molecule has 2 N–H and O–H groups in total. The van der Waals surface area contributed by atoms with E-state index in [1.807, 2.05) is 0 Å². The van der Waals surface area contributed by atoms with Crippen LogP contribution in [-0.4, -0.2) is 33.8 Å². The molecule has 1 saturated carbocycles. The van der Waals surface area contributed by atoms with Crippen LogP contribution in [0.15, 0.2) is 11.6 Å². The predicted octanol–water partition coefficient (Wildman–Crippen LogP) is 0.626. The van der Waals surface area contributed by atoms with Crippen LogP contribution in [0.5, 0.6) is 0 Å². The van der Waals surface area contributed by atoms with E-state index < -0.39 is 10.0 Å². The summed E-state index contributed by atoms with van der Waals surface area (Å²) in [5, 5.41) is 3.21. The smallest absolute Gasteiger partial charge is 0.211 e. The van der Waals surface area contributed by atoms with Gasteiger partial charge < -0.3 is 5.32 Å². The quantitative estimate of drug-likeness (QED) is 0.674. The lowest BCUT2D eigenvalue weighted by molar-refractivity contribution is 0.576. The first-order chi connectivity index (χ1) is 7.66. The van der Waals surface area contributed by atoms with E-state index in [0.29, 0.717) is 18.2 Å². The number of hydrogen-bond acceptors (Lipinski definition) is 3. The lowest BCUT2D eigenvalue weighted by atomic mass is 10.1. The van der Waals surface area contributed by atoms with Gasteiger partial charge in [0.1, 0.15) is 0 Å². The molecule has 2 rings (SSSR count). The normalized spacial score (nSPS) is 21.9. The molecular weight excluding hydrogens is 224 g/mol. The molecule has 2 aliphatic rings. The van der Waals surface area contributed by atoms with Crippen LogP contribution in [0, 0.1) is 5.92 Å². The van der Waals surface area contributed by atoms with Crippen molar-refractivity contribution in [2.75, 3.05) is 25.4 Å². The van der Waals surface area contributed by atoms with Crippen LogP contribution in [0.2, 0.25) is 0 Å². The molecule has 0 bridgehead atoms. The summed E-state index contributed by atoms with van der Waals surface area (Å²) >= 11 is 0. The fourth-order valence-electron chi connectivity index (χ4n) is 1.83. The second-order valence-electron chi connectivity index (χ2n) is 4.69. The standard InChI is InChI=1S/C11H20N2O2S/c14-16(15,8-5-10-1-2-10)13-9-11-3-6-12-7-4-11/h3,10,12-13H,1-2,4-9H2. The second-order valence-corrected chi connectivity index (χ2v) is 6.61. The van der Waals surface area contributed by atoms with Gasteiger partial charge in [-0.05, 0) is 25.3 Å². The van der Waals surface area contributed by atoms with E-state index in [1.54, 1.807) is 0 Å². The molecule has 0 radical (unpaired) electrons. The maximum atomic E-state index is 11.7. The Morgan fingerprint density at radius 1 is 1.44 bits per heavy atom. The van der Waals surface area contributed by atoms with Crippen LogP contribution in [0.25, 0.3) is 0 Å². The van der Waals surface area contributed by atoms with Crippen molar-refractivity contribution in [2.24, 2.45) is 5.92 Å². The first-order valence-electron chi connectivity index (χ1n) is 6.02. The van der Waals surface area contributed by atoms with Crippen molar-refractivity contribution in [1.29, 1.82) is 0 Å².